The van der Waals surface area contributed by atoms with Crippen LogP contribution in [-0.4, -0.2) is 49.3 Å². The molecule has 0 aromatic heterocycles. The van der Waals surface area contributed by atoms with E-state index in [2.05, 4.69) is 13.8 Å². The molecule has 0 bridgehead atoms. The lowest BCUT2D eigenvalue weighted by Gasteiger charge is -2.46. The summed E-state index contributed by atoms with van der Waals surface area (Å²) in [5.41, 5.74) is 0.416. The fourth-order valence-electron chi connectivity index (χ4n) is 4.96. The van der Waals surface area contributed by atoms with Crippen LogP contribution < -0.4 is 0 Å². The summed E-state index contributed by atoms with van der Waals surface area (Å²) in [4.78, 5) is 0. The average molecular weight is 355 g/mol. The third-order valence-corrected chi connectivity index (χ3v) is 6.95. The van der Waals surface area contributed by atoms with Crippen molar-refractivity contribution in [3.8, 4) is 0 Å². The van der Waals surface area contributed by atoms with Gasteiger partial charge in [0.05, 0.1) is 38.1 Å². The largest absolute Gasteiger partial charge is 0.391 e. The molecule has 2 aliphatic carbocycles. The minimum absolute atomic E-state index is 0.349. The van der Waals surface area contributed by atoms with E-state index in [0.29, 0.717) is 30.3 Å². The Kier molecular flexibility index (Phi) is 6.81. The molecule has 3 rings (SSSR count). The second-order valence-corrected chi connectivity index (χ2v) is 9.24. The maximum atomic E-state index is 9.39. The molecule has 0 amide bonds. The van der Waals surface area contributed by atoms with Crippen molar-refractivity contribution in [2.24, 2.45) is 17.3 Å². The first-order chi connectivity index (χ1) is 11.9. The predicted molar refractivity (Wildman–Crippen MR) is 98.6 cm³/mol. The summed E-state index contributed by atoms with van der Waals surface area (Å²) in [6.45, 7) is 8.97. The molecule has 2 atom stereocenters. The second-order valence-electron chi connectivity index (χ2n) is 9.24. The smallest absolute Gasteiger partial charge is 0.104 e. The molecule has 1 N–H and O–H groups in total. The summed E-state index contributed by atoms with van der Waals surface area (Å²) in [5.74, 6) is 1.63. The second kappa shape index (κ2) is 8.69. The van der Waals surface area contributed by atoms with E-state index in [1.807, 2.05) is 0 Å². The van der Waals surface area contributed by atoms with E-state index in [9.17, 15) is 5.11 Å². The number of hydrogen-bond acceptors (Lipinski definition) is 4. The third kappa shape index (κ3) is 5.66. The standard InChI is InChI=1S/C21H38O4/c1-15(22)12-23-18-8-4-16(5-9-18)21(2,3)17-6-10-19(11-7-17)24-13-20-14-25-20/h15-20,22H,4-14H2,1-3H3. The van der Waals surface area contributed by atoms with E-state index in [1.54, 1.807) is 6.92 Å². The Morgan fingerprint density at radius 3 is 1.84 bits per heavy atom. The van der Waals surface area contributed by atoms with Crippen LogP contribution in [-0.2, 0) is 14.2 Å². The molecule has 1 heterocycles. The van der Waals surface area contributed by atoms with Gasteiger partial charge in [0, 0.05) is 0 Å². The summed E-state index contributed by atoms with van der Waals surface area (Å²) in [6, 6.07) is 0. The summed E-state index contributed by atoms with van der Waals surface area (Å²) in [5, 5.41) is 9.39. The molecular formula is C21H38O4. The molecule has 146 valence electrons. The minimum atomic E-state index is -0.349. The first-order valence-electron chi connectivity index (χ1n) is 10.5. The average Bonchev–Trinajstić information content (AvgIpc) is 3.43. The zero-order chi connectivity index (χ0) is 17.9. The highest BCUT2D eigenvalue weighted by Crippen LogP contribution is 2.48. The molecule has 3 aliphatic rings. The van der Waals surface area contributed by atoms with Gasteiger partial charge in [0.2, 0.25) is 0 Å². The lowest BCUT2D eigenvalue weighted by Crippen LogP contribution is -2.39. The predicted octanol–water partition coefficient (Wildman–Crippen LogP) is 3.94. The van der Waals surface area contributed by atoms with E-state index in [-0.39, 0.29) is 6.10 Å². The first kappa shape index (κ1) is 19.6. The number of aliphatic hydroxyl groups excluding tert-OH is 1. The van der Waals surface area contributed by atoms with E-state index in [1.165, 1.54) is 38.5 Å². The first-order valence-corrected chi connectivity index (χ1v) is 10.5. The van der Waals surface area contributed by atoms with Crippen LogP contribution >= 0.6 is 0 Å². The van der Waals surface area contributed by atoms with Gasteiger partial charge >= 0.3 is 0 Å². The van der Waals surface area contributed by atoms with E-state index in [4.69, 9.17) is 14.2 Å². The van der Waals surface area contributed by atoms with Crippen molar-refractivity contribution in [1.29, 1.82) is 0 Å². The zero-order valence-corrected chi connectivity index (χ0v) is 16.4. The Morgan fingerprint density at radius 2 is 1.40 bits per heavy atom. The van der Waals surface area contributed by atoms with Crippen LogP contribution in [0.15, 0.2) is 0 Å². The van der Waals surface area contributed by atoms with Crippen molar-refractivity contribution in [3.05, 3.63) is 0 Å². The molecule has 1 saturated heterocycles. The van der Waals surface area contributed by atoms with Crippen molar-refractivity contribution in [1.82, 2.24) is 0 Å². The van der Waals surface area contributed by atoms with Crippen molar-refractivity contribution >= 4 is 0 Å². The van der Waals surface area contributed by atoms with Gasteiger partial charge in [-0.1, -0.05) is 13.8 Å². The quantitative estimate of drug-likeness (QED) is 0.671. The molecule has 0 aromatic rings. The van der Waals surface area contributed by atoms with Gasteiger partial charge in [0.15, 0.2) is 0 Å². The highest BCUT2D eigenvalue weighted by molar-refractivity contribution is 4.91. The number of ether oxygens (including phenoxy) is 3. The van der Waals surface area contributed by atoms with Gasteiger partial charge in [-0.2, -0.15) is 0 Å². The molecule has 3 fully saturated rings. The summed E-state index contributed by atoms with van der Waals surface area (Å²) in [6.07, 6.45) is 10.8. The zero-order valence-electron chi connectivity index (χ0n) is 16.4. The molecular weight excluding hydrogens is 316 g/mol. The third-order valence-electron chi connectivity index (χ3n) is 6.95. The minimum Gasteiger partial charge on any atom is -0.391 e. The van der Waals surface area contributed by atoms with Crippen LogP contribution in [0.2, 0.25) is 0 Å². The summed E-state index contributed by atoms with van der Waals surface area (Å²) < 4.78 is 17.1. The lowest BCUT2D eigenvalue weighted by atomic mass is 9.60. The summed E-state index contributed by atoms with van der Waals surface area (Å²) >= 11 is 0. The van der Waals surface area contributed by atoms with Crippen LogP contribution in [0.4, 0.5) is 0 Å². The Balaban J connectivity index is 1.39. The Hall–Kier alpha value is -0.160. The highest BCUT2D eigenvalue weighted by Gasteiger charge is 2.41. The van der Waals surface area contributed by atoms with Gasteiger partial charge < -0.3 is 19.3 Å². The topological polar surface area (TPSA) is 51.2 Å². The van der Waals surface area contributed by atoms with Gasteiger partial charge in [-0.15, -0.1) is 0 Å². The van der Waals surface area contributed by atoms with Gasteiger partial charge in [-0.25, -0.2) is 0 Å². The van der Waals surface area contributed by atoms with E-state index >= 15 is 0 Å². The van der Waals surface area contributed by atoms with Crippen molar-refractivity contribution in [2.45, 2.75) is 96.6 Å². The monoisotopic (exact) mass is 354 g/mol. The van der Waals surface area contributed by atoms with Crippen molar-refractivity contribution in [3.63, 3.8) is 0 Å². The lowest BCUT2D eigenvalue weighted by molar-refractivity contribution is -0.0505. The molecule has 2 unspecified atom stereocenters. The van der Waals surface area contributed by atoms with Crippen molar-refractivity contribution < 1.29 is 19.3 Å². The van der Waals surface area contributed by atoms with Crippen molar-refractivity contribution in [2.75, 3.05) is 19.8 Å². The molecule has 4 heteroatoms. The Morgan fingerprint density at radius 1 is 0.920 bits per heavy atom. The maximum absolute atomic E-state index is 9.39. The summed E-state index contributed by atoms with van der Waals surface area (Å²) in [7, 11) is 0. The van der Waals surface area contributed by atoms with Crippen LogP contribution in [0, 0.1) is 17.3 Å². The van der Waals surface area contributed by atoms with Gasteiger partial charge in [-0.3, -0.25) is 0 Å². The van der Waals surface area contributed by atoms with Gasteiger partial charge in [0.25, 0.3) is 0 Å². The fourth-order valence-corrected chi connectivity index (χ4v) is 4.96. The van der Waals surface area contributed by atoms with Gasteiger partial charge in [-0.05, 0) is 75.5 Å². The fraction of sp³-hybridized carbons (Fsp3) is 1.00. The molecule has 1 aliphatic heterocycles. The number of rotatable bonds is 8. The normalized spacial score (nSPS) is 37.7. The Labute approximate surface area is 153 Å². The number of hydrogen-bond donors (Lipinski definition) is 1. The van der Waals surface area contributed by atoms with Gasteiger partial charge in [0.1, 0.15) is 6.10 Å². The molecule has 0 spiro atoms. The van der Waals surface area contributed by atoms with Crippen LogP contribution in [0.3, 0.4) is 0 Å². The van der Waals surface area contributed by atoms with Crippen LogP contribution in [0.5, 0.6) is 0 Å². The maximum Gasteiger partial charge on any atom is 0.104 e. The van der Waals surface area contributed by atoms with E-state index < -0.39 is 0 Å². The molecule has 0 aromatic carbocycles. The Bertz CT molecular complexity index is 361. The van der Waals surface area contributed by atoms with Crippen LogP contribution in [0.25, 0.3) is 0 Å². The van der Waals surface area contributed by atoms with E-state index in [0.717, 1.165) is 37.9 Å². The highest BCUT2D eigenvalue weighted by atomic mass is 16.6. The molecule has 4 nitrogen and oxygen atoms in total. The number of epoxide rings is 1. The number of aliphatic hydroxyl groups is 1. The molecule has 25 heavy (non-hydrogen) atoms. The van der Waals surface area contributed by atoms with Crippen LogP contribution in [0.1, 0.15) is 72.1 Å². The SMILES string of the molecule is CC(O)COC1CCC(C(C)(C)C2CCC(OCC3CO3)CC2)CC1. The molecule has 2 saturated carbocycles. The molecule has 0 radical (unpaired) electrons.